The minimum atomic E-state index is -0.00181. The summed E-state index contributed by atoms with van der Waals surface area (Å²) in [6.07, 6.45) is 11.1. The molecule has 0 aliphatic rings. The van der Waals surface area contributed by atoms with Crippen molar-refractivity contribution in [1.29, 1.82) is 0 Å². The predicted octanol–water partition coefficient (Wildman–Crippen LogP) is 4.77. The molecule has 1 heterocycles. The molecule has 0 unspecified atom stereocenters. The SMILES string of the molecule is C=CCN(CC(=O)N(Cc1cccn1C)CC(C)C)C(=O)CCCCCCCC. The third-order valence-electron chi connectivity index (χ3n) is 5.11. The van der Waals surface area contributed by atoms with Crippen LogP contribution in [-0.2, 0) is 23.2 Å². The van der Waals surface area contributed by atoms with E-state index in [1.54, 1.807) is 11.0 Å². The third-order valence-corrected chi connectivity index (χ3v) is 5.11. The van der Waals surface area contributed by atoms with Crippen LogP contribution in [0.2, 0.25) is 0 Å². The molecule has 164 valence electrons. The molecule has 5 nitrogen and oxygen atoms in total. The molecule has 1 rings (SSSR count). The van der Waals surface area contributed by atoms with E-state index in [9.17, 15) is 9.59 Å². The Balaban J connectivity index is 2.64. The Bertz CT molecular complexity index is 621. The van der Waals surface area contributed by atoms with Gasteiger partial charge in [0.2, 0.25) is 11.8 Å². The van der Waals surface area contributed by atoms with E-state index in [4.69, 9.17) is 0 Å². The lowest BCUT2D eigenvalue weighted by molar-refractivity contribution is -0.140. The molecule has 1 aromatic rings. The minimum absolute atomic E-state index is 0.00181. The highest BCUT2D eigenvalue weighted by molar-refractivity contribution is 5.85. The first-order valence-electron chi connectivity index (χ1n) is 11.2. The molecular weight excluding hydrogens is 362 g/mol. The molecule has 0 spiro atoms. The van der Waals surface area contributed by atoms with Gasteiger partial charge in [0.25, 0.3) is 0 Å². The highest BCUT2D eigenvalue weighted by Crippen LogP contribution is 2.11. The van der Waals surface area contributed by atoms with Crippen molar-refractivity contribution < 1.29 is 9.59 Å². The smallest absolute Gasteiger partial charge is 0.242 e. The average molecular weight is 404 g/mol. The number of nitrogens with zero attached hydrogens (tertiary/aromatic N) is 3. The monoisotopic (exact) mass is 403 g/mol. The summed E-state index contributed by atoms with van der Waals surface area (Å²) in [6.45, 7) is 12.0. The lowest BCUT2D eigenvalue weighted by Crippen LogP contribution is -2.44. The molecule has 0 aliphatic heterocycles. The van der Waals surface area contributed by atoms with Gasteiger partial charge in [-0.05, 0) is 24.5 Å². The molecule has 0 N–H and O–H groups in total. The number of aromatic nitrogens is 1. The first-order valence-corrected chi connectivity index (χ1v) is 11.2. The van der Waals surface area contributed by atoms with E-state index >= 15 is 0 Å². The number of carbonyl (C=O) groups excluding carboxylic acids is 2. The lowest BCUT2D eigenvalue weighted by Gasteiger charge is -2.28. The highest BCUT2D eigenvalue weighted by Gasteiger charge is 2.21. The van der Waals surface area contributed by atoms with E-state index in [0.29, 0.717) is 32.0 Å². The number of hydrogen-bond acceptors (Lipinski definition) is 2. The van der Waals surface area contributed by atoms with Crippen molar-refractivity contribution in [2.24, 2.45) is 13.0 Å². The van der Waals surface area contributed by atoms with Crippen molar-refractivity contribution in [1.82, 2.24) is 14.4 Å². The van der Waals surface area contributed by atoms with Crippen LogP contribution in [0.3, 0.4) is 0 Å². The summed E-state index contributed by atoms with van der Waals surface area (Å²) in [5.41, 5.74) is 1.09. The quantitative estimate of drug-likeness (QED) is 0.313. The fraction of sp³-hybridized carbons (Fsp3) is 0.667. The second kappa shape index (κ2) is 14.0. The van der Waals surface area contributed by atoms with Gasteiger partial charge in [0.15, 0.2) is 0 Å². The van der Waals surface area contributed by atoms with Crippen LogP contribution in [-0.4, -0.2) is 45.8 Å². The molecule has 0 saturated heterocycles. The van der Waals surface area contributed by atoms with Crippen molar-refractivity contribution in [3.05, 3.63) is 36.7 Å². The topological polar surface area (TPSA) is 45.6 Å². The van der Waals surface area contributed by atoms with Gasteiger partial charge in [-0.25, -0.2) is 0 Å². The molecule has 0 bridgehead atoms. The van der Waals surface area contributed by atoms with Gasteiger partial charge in [-0.3, -0.25) is 9.59 Å². The van der Waals surface area contributed by atoms with Gasteiger partial charge < -0.3 is 14.4 Å². The highest BCUT2D eigenvalue weighted by atomic mass is 16.2. The molecule has 0 saturated carbocycles. The Hall–Kier alpha value is -2.04. The molecule has 5 heteroatoms. The average Bonchev–Trinajstić information content (AvgIpc) is 3.07. The van der Waals surface area contributed by atoms with Gasteiger partial charge in [-0.1, -0.05) is 59.0 Å². The molecule has 29 heavy (non-hydrogen) atoms. The van der Waals surface area contributed by atoms with E-state index in [0.717, 1.165) is 18.5 Å². The standard InChI is InChI=1S/C24H41N3O2/c1-6-8-9-10-11-12-15-23(28)26(16-7-2)20-24(29)27(18-21(3)4)19-22-14-13-17-25(22)5/h7,13-14,17,21H,2,6,8-12,15-16,18-20H2,1,3-5H3. The molecule has 0 atom stereocenters. The number of amides is 2. The largest absolute Gasteiger partial charge is 0.353 e. The molecular formula is C24H41N3O2. The van der Waals surface area contributed by atoms with E-state index in [-0.39, 0.29) is 18.4 Å². The van der Waals surface area contributed by atoms with Gasteiger partial charge in [0.1, 0.15) is 6.54 Å². The number of unbranched alkanes of at least 4 members (excludes halogenated alkanes) is 5. The van der Waals surface area contributed by atoms with Crippen molar-refractivity contribution in [3.8, 4) is 0 Å². The van der Waals surface area contributed by atoms with Gasteiger partial charge in [0, 0.05) is 38.4 Å². The second-order valence-electron chi connectivity index (χ2n) is 8.36. The molecule has 2 amide bonds. The third kappa shape index (κ3) is 9.82. The minimum Gasteiger partial charge on any atom is -0.353 e. The summed E-state index contributed by atoms with van der Waals surface area (Å²) in [5, 5.41) is 0. The summed E-state index contributed by atoms with van der Waals surface area (Å²) < 4.78 is 2.03. The number of hydrogen-bond donors (Lipinski definition) is 0. The molecule has 1 aromatic heterocycles. The first-order chi connectivity index (χ1) is 13.9. The van der Waals surface area contributed by atoms with Crippen LogP contribution in [0.4, 0.5) is 0 Å². The van der Waals surface area contributed by atoms with Gasteiger partial charge in [0.05, 0.1) is 6.54 Å². The van der Waals surface area contributed by atoms with Gasteiger partial charge >= 0.3 is 0 Å². The Labute approximate surface area is 177 Å². The van der Waals surface area contributed by atoms with Crippen LogP contribution in [0.5, 0.6) is 0 Å². The van der Waals surface area contributed by atoms with Crippen LogP contribution in [0.15, 0.2) is 31.0 Å². The molecule has 0 radical (unpaired) electrons. The van der Waals surface area contributed by atoms with E-state index in [2.05, 4.69) is 27.4 Å². The van der Waals surface area contributed by atoms with Crippen LogP contribution in [0.1, 0.15) is 71.4 Å². The Morgan fingerprint density at radius 3 is 2.38 bits per heavy atom. The predicted molar refractivity (Wildman–Crippen MR) is 120 cm³/mol. The van der Waals surface area contributed by atoms with Crippen molar-refractivity contribution >= 4 is 11.8 Å². The Morgan fingerprint density at radius 1 is 1.10 bits per heavy atom. The maximum Gasteiger partial charge on any atom is 0.242 e. The molecule has 0 fully saturated rings. The second-order valence-corrected chi connectivity index (χ2v) is 8.36. The zero-order chi connectivity index (χ0) is 21.6. The normalized spacial score (nSPS) is 10.9. The fourth-order valence-electron chi connectivity index (χ4n) is 3.44. The summed E-state index contributed by atoms with van der Waals surface area (Å²) in [5.74, 6) is 0.418. The number of carbonyl (C=O) groups is 2. The van der Waals surface area contributed by atoms with E-state index in [1.807, 2.05) is 34.8 Å². The van der Waals surface area contributed by atoms with Crippen LogP contribution in [0.25, 0.3) is 0 Å². The zero-order valence-corrected chi connectivity index (χ0v) is 19.0. The van der Waals surface area contributed by atoms with Crippen molar-refractivity contribution in [2.75, 3.05) is 19.6 Å². The number of rotatable bonds is 15. The maximum absolute atomic E-state index is 13.0. The van der Waals surface area contributed by atoms with Gasteiger partial charge in [-0.2, -0.15) is 0 Å². The lowest BCUT2D eigenvalue weighted by atomic mass is 10.1. The van der Waals surface area contributed by atoms with E-state index < -0.39 is 0 Å². The zero-order valence-electron chi connectivity index (χ0n) is 19.0. The summed E-state index contributed by atoms with van der Waals surface area (Å²) >= 11 is 0. The van der Waals surface area contributed by atoms with Crippen molar-refractivity contribution in [2.45, 2.75) is 72.3 Å². The Morgan fingerprint density at radius 2 is 1.79 bits per heavy atom. The van der Waals surface area contributed by atoms with Crippen LogP contribution < -0.4 is 0 Å². The van der Waals surface area contributed by atoms with E-state index in [1.165, 1.54) is 25.7 Å². The Kier molecular flexibility index (Phi) is 12.1. The van der Waals surface area contributed by atoms with Crippen LogP contribution in [0, 0.1) is 5.92 Å². The molecule has 0 aliphatic carbocycles. The maximum atomic E-state index is 13.0. The van der Waals surface area contributed by atoms with Crippen LogP contribution >= 0.6 is 0 Å². The van der Waals surface area contributed by atoms with Gasteiger partial charge in [-0.15, -0.1) is 6.58 Å². The number of aryl methyl sites for hydroxylation is 1. The fourth-order valence-corrected chi connectivity index (χ4v) is 3.44. The summed E-state index contributed by atoms with van der Waals surface area (Å²) in [7, 11) is 1.99. The summed E-state index contributed by atoms with van der Waals surface area (Å²) in [4.78, 5) is 29.2. The van der Waals surface area contributed by atoms with Crippen molar-refractivity contribution in [3.63, 3.8) is 0 Å². The summed E-state index contributed by atoms with van der Waals surface area (Å²) in [6, 6.07) is 4.02. The first kappa shape index (κ1) is 25.0. The molecule has 0 aromatic carbocycles.